The second-order valence-corrected chi connectivity index (χ2v) is 4.66. The number of amides is 2. The Balaban J connectivity index is 1.70. The van der Waals surface area contributed by atoms with Crippen LogP contribution < -0.4 is 15.4 Å². The minimum Gasteiger partial charge on any atom is -0.484 e. The first-order valence-electron chi connectivity index (χ1n) is 6.50. The number of ether oxygens (including phenoxy) is 1. The number of rotatable bonds is 6. The summed E-state index contributed by atoms with van der Waals surface area (Å²) in [4.78, 5) is 27.1. The Morgan fingerprint density at radius 2 is 1.82 bits per heavy atom. The first-order valence-corrected chi connectivity index (χ1v) is 6.88. The predicted octanol–water partition coefficient (Wildman–Crippen LogP) is 1.87. The molecule has 0 bridgehead atoms. The molecule has 0 unspecified atom stereocenters. The highest BCUT2D eigenvalue weighted by molar-refractivity contribution is 6.29. The molecule has 22 heavy (non-hydrogen) atoms. The van der Waals surface area contributed by atoms with E-state index in [0.717, 1.165) is 0 Å². The topological polar surface area (TPSA) is 80.3 Å². The SMILES string of the molecule is O=C(COc1ccccc1)NCC(=O)Nc1cccc(Cl)n1. The molecular formula is C15H14ClN3O3. The summed E-state index contributed by atoms with van der Waals surface area (Å²) in [6.45, 7) is -0.335. The molecule has 1 aromatic carbocycles. The van der Waals surface area contributed by atoms with Crippen molar-refractivity contribution in [3.05, 3.63) is 53.7 Å². The quantitative estimate of drug-likeness (QED) is 0.797. The maximum atomic E-state index is 11.7. The van der Waals surface area contributed by atoms with Crippen molar-refractivity contribution in [3.63, 3.8) is 0 Å². The summed E-state index contributed by atoms with van der Waals surface area (Å²) in [5.41, 5.74) is 0. The smallest absolute Gasteiger partial charge is 0.258 e. The molecule has 0 saturated heterocycles. The van der Waals surface area contributed by atoms with E-state index in [2.05, 4.69) is 15.6 Å². The van der Waals surface area contributed by atoms with Crippen molar-refractivity contribution in [2.45, 2.75) is 0 Å². The molecule has 0 atom stereocenters. The van der Waals surface area contributed by atoms with Crippen LogP contribution in [0, 0.1) is 0 Å². The molecule has 114 valence electrons. The Kier molecular flexibility index (Phi) is 5.73. The highest BCUT2D eigenvalue weighted by atomic mass is 35.5. The Morgan fingerprint density at radius 1 is 1.05 bits per heavy atom. The molecule has 0 aliphatic carbocycles. The summed E-state index contributed by atoms with van der Waals surface area (Å²) < 4.78 is 5.26. The molecule has 2 N–H and O–H groups in total. The van der Waals surface area contributed by atoms with E-state index in [1.54, 1.807) is 42.5 Å². The summed E-state index contributed by atoms with van der Waals surface area (Å²) in [6, 6.07) is 13.8. The molecule has 1 heterocycles. The lowest BCUT2D eigenvalue weighted by atomic mass is 10.3. The van der Waals surface area contributed by atoms with Gasteiger partial charge >= 0.3 is 0 Å². The highest BCUT2D eigenvalue weighted by Crippen LogP contribution is 2.09. The van der Waals surface area contributed by atoms with E-state index in [9.17, 15) is 9.59 Å². The van der Waals surface area contributed by atoms with E-state index in [-0.39, 0.29) is 18.3 Å². The lowest BCUT2D eigenvalue weighted by Crippen LogP contribution is -2.35. The van der Waals surface area contributed by atoms with Gasteiger partial charge in [-0.2, -0.15) is 0 Å². The van der Waals surface area contributed by atoms with E-state index in [1.165, 1.54) is 0 Å². The summed E-state index contributed by atoms with van der Waals surface area (Å²) in [5, 5.41) is 5.25. The van der Waals surface area contributed by atoms with Crippen molar-refractivity contribution in [2.75, 3.05) is 18.5 Å². The van der Waals surface area contributed by atoms with Gasteiger partial charge in [-0.1, -0.05) is 35.9 Å². The maximum absolute atomic E-state index is 11.7. The number of benzene rings is 1. The zero-order valence-electron chi connectivity index (χ0n) is 11.6. The number of hydrogen-bond donors (Lipinski definition) is 2. The maximum Gasteiger partial charge on any atom is 0.258 e. The lowest BCUT2D eigenvalue weighted by molar-refractivity contribution is -0.125. The van der Waals surface area contributed by atoms with Gasteiger partial charge in [-0.3, -0.25) is 9.59 Å². The molecule has 2 rings (SSSR count). The number of nitrogens with one attached hydrogen (secondary N) is 2. The highest BCUT2D eigenvalue weighted by Gasteiger charge is 2.07. The molecule has 1 aromatic heterocycles. The van der Waals surface area contributed by atoms with Crippen LogP contribution in [0.2, 0.25) is 5.15 Å². The van der Waals surface area contributed by atoms with Crippen LogP contribution in [0.25, 0.3) is 0 Å². The van der Waals surface area contributed by atoms with Crippen LogP contribution in [0.3, 0.4) is 0 Å². The molecule has 0 aliphatic heterocycles. The molecule has 0 spiro atoms. The molecular weight excluding hydrogens is 306 g/mol. The Hall–Kier alpha value is -2.60. The van der Waals surface area contributed by atoms with Gasteiger partial charge in [0.1, 0.15) is 16.7 Å². The third-order valence-electron chi connectivity index (χ3n) is 2.54. The van der Waals surface area contributed by atoms with E-state index in [4.69, 9.17) is 16.3 Å². The summed E-state index contributed by atoms with van der Waals surface area (Å²) >= 11 is 5.71. The second kappa shape index (κ2) is 7.99. The molecule has 0 aliphatic rings. The first-order chi connectivity index (χ1) is 10.6. The second-order valence-electron chi connectivity index (χ2n) is 4.27. The molecule has 2 aromatic rings. The number of para-hydroxylation sites is 1. The van der Waals surface area contributed by atoms with Crippen molar-refractivity contribution in [1.29, 1.82) is 0 Å². The molecule has 0 radical (unpaired) electrons. The van der Waals surface area contributed by atoms with Crippen LogP contribution in [0.15, 0.2) is 48.5 Å². The lowest BCUT2D eigenvalue weighted by Gasteiger charge is -2.08. The van der Waals surface area contributed by atoms with E-state index in [1.807, 2.05) is 6.07 Å². The van der Waals surface area contributed by atoms with Crippen LogP contribution in [0.5, 0.6) is 5.75 Å². The van der Waals surface area contributed by atoms with Gasteiger partial charge in [0.2, 0.25) is 5.91 Å². The standard InChI is InChI=1S/C15H14ClN3O3/c16-12-7-4-8-13(18-12)19-14(20)9-17-15(21)10-22-11-5-2-1-3-6-11/h1-8H,9-10H2,(H,17,21)(H,18,19,20). The van der Waals surface area contributed by atoms with Crippen LogP contribution in [0.4, 0.5) is 5.82 Å². The molecule has 7 heteroatoms. The van der Waals surface area contributed by atoms with Gasteiger partial charge in [-0.05, 0) is 24.3 Å². The van der Waals surface area contributed by atoms with E-state index in [0.29, 0.717) is 11.6 Å². The summed E-state index contributed by atoms with van der Waals surface area (Å²) in [6.07, 6.45) is 0. The number of anilines is 1. The molecule has 0 saturated carbocycles. The Bertz CT molecular complexity index is 649. The number of halogens is 1. The van der Waals surface area contributed by atoms with Gasteiger partial charge in [0.05, 0.1) is 6.54 Å². The average Bonchev–Trinajstić information content (AvgIpc) is 2.52. The largest absolute Gasteiger partial charge is 0.484 e. The van der Waals surface area contributed by atoms with Gasteiger partial charge in [-0.25, -0.2) is 4.98 Å². The van der Waals surface area contributed by atoms with Crippen LogP contribution in [0.1, 0.15) is 0 Å². The number of pyridine rings is 1. The number of aromatic nitrogens is 1. The predicted molar refractivity (Wildman–Crippen MR) is 82.8 cm³/mol. The van der Waals surface area contributed by atoms with Crippen molar-refractivity contribution >= 4 is 29.2 Å². The van der Waals surface area contributed by atoms with Crippen LogP contribution in [-0.2, 0) is 9.59 Å². The van der Waals surface area contributed by atoms with Crippen LogP contribution in [-0.4, -0.2) is 29.9 Å². The summed E-state index contributed by atoms with van der Waals surface area (Å²) in [7, 11) is 0. The third-order valence-corrected chi connectivity index (χ3v) is 2.75. The number of carbonyl (C=O) groups is 2. The normalized spacial score (nSPS) is 9.86. The summed E-state index contributed by atoms with van der Waals surface area (Å²) in [5.74, 6) is 0.124. The molecule has 2 amide bonds. The fraction of sp³-hybridized carbons (Fsp3) is 0.133. The van der Waals surface area contributed by atoms with Gasteiger partial charge in [-0.15, -0.1) is 0 Å². The van der Waals surface area contributed by atoms with Gasteiger partial charge in [0.25, 0.3) is 5.91 Å². The van der Waals surface area contributed by atoms with E-state index < -0.39 is 11.8 Å². The minimum absolute atomic E-state index is 0.160. The number of hydrogen-bond acceptors (Lipinski definition) is 4. The Morgan fingerprint density at radius 3 is 2.55 bits per heavy atom. The average molecular weight is 320 g/mol. The third kappa shape index (κ3) is 5.41. The van der Waals surface area contributed by atoms with Crippen molar-refractivity contribution in [1.82, 2.24) is 10.3 Å². The fourth-order valence-electron chi connectivity index (χ4n) is 1.56. The number of carbonyl (C=O) groups excluding carboxylic acids is 2. The van der Waals surface area contributed by atoms with Crippen molar-refractivity contribution < 1.29 is 14.3 Å². The number of nitrogens with zero attached hydrogens (tertiary/aromatic N) is 1. The Labute approximate surface area is 132 Å². The van der Waals surface area contributed by atoms with Gasteiger partial charge in [0.15, 0.2) is 6.61 Å². The monoisotopic (exact) mass is 319 g/mol. The van der Waals surface area contributed by atoms with E-state index >= 15 is 0 Å². The van der Waals surface area contributed by atoms with Gasteiger partial charge < -0.3 is 15.4 Å². The van der Waals surface area contributed by atoms with Crippen LogP contribution >= 0.6 is 11.6 Å². The fourth-order valence-corrected chi connectivity index (χ4v) is 1.72. The molecule has 6 nitrogen and oxygen atoms in total. The first kappa shape index (κ1) is 15.8. The molecule has 0 fully saturated rings. The zero-order valence-corrected chi connectivity index (χ0v) is 12.3. The van der Waals surface area contributed by atoms with Crippen molar-refractivity contribution in [2.24, 2.45) is 0 Å². The zero-order chi connectivity index (χ0) is 15.8. The minimum atomic E-state index is -0.400. The van der Waals surface area contributed by atoms with Crippen molar-refractivity contribution in [3.8, 4) is 5.75 Å². The van der Waals surface area contributed by atoms with Gasteiger partial charge in [0, 0.05) is 0 Å².